The second-order valence-electron chi connectivity index (χ2n) is 10.1. The fourth-order valence-corrected chi connectivity index (χ4v) is 5.33. The van der Waals surface area contributed by atoms with E-state index in [0.717, 1.165) is 74.7 Å². The number of halogens is 6. The minimum absolute atomic E-state index is 0.333. The van der Waals surface area contributed by atoms with Gasteiger partial charge >= 0.3 is 12.4 Å². The lowest BCUT2D eigenvalue weighted by atomic mass is 9.90. The Labute approximate surface area is 231 Å². The Hall–Kier alpha value is -3.58. The van der Waals surface area contributed by atoms with E-state index in [9.17, 15) is 31.1 Å². The average molecular weight is 580 g/mol. The maximum Gasteiger partial charge on any atom is 0.434 e. The third kappa shape index (κ3) is 6.35. The van der Waals surface area contributed by atoms with E-state index in [2.05, 4.69) is 26.0 Å². The number of aromatic nitrogens is 4. The first-order valence-corrected chi connectivity index (χ1v) is 13.1. The Morgan fingerprint density at radius 2 is 1.78 bits per heavy atom. The van der Waals surface area contributed by atoms with Crippen molar-refractivity contribution < 1.29 is 35.9 Å². The maximum absolute atomic E-state index is 14.0. The molecule has 0 radical (unpaired) electrons. The molecule has 1 atom stereocenters. The normalized spacial score (nSPS) is 18.8. The van der Waals surface area contributed by atoms with Crippen molar-refractivity contribution in [3.05, 3.63) is 76.5 Å². The maximum atomic E-state index is 14.0. The minimum Gasteiger partial charge on any atom is -0.379 e. The van der Waals surface area contributed by atoms with Gasteiger partial charge in [-0.1, -0.05) is 12.1 Å². The highest BCUT2D eigenvalue weighted by Crippen LogP contribution is 2.35. The van der Waals surface area contributed by atoms with E-state index in [-0.39, 0.29) is 6.42 Å². The summed E-state index contributed by atoms with van der Waals surface area (Å²) < 4.78 is 86.4. The van der Waals surface area contributed by atoms with E-state index in [4.69, 9.17) is 4.74 Å². The summed E-state index contributed by atoms with van der Waals surface area (Å²) >= 11 is 0. The van der Waals surface area contributed by atoms with Gasteiger partial charge in [0.05, 0.1) is 36.2 Å². The molecular weight excluding hydrogens is 552 g/mol. The lowest BCUT2D eigenvalue weighted by Crippen LogP contribution is -2.43. The fraction of sp³-hybridized carbons (Fsp3) is 0.429. The predicted molar refractivity (Wildman–Crippen MR) is 136 cm³/mol. The Balaban J connectivity index is 1.33. The predicted octanol–water partition coefficient (Wildman–Crippen LogP) is 5.70. The molecule has 7 nitrogen and oxygen atoms in total. The van der Waals surface area contributed by atoms with E-state index >= 15 is 0 Å². The van der Waals surface area contributed by atoms with Crippen LogP contribution < -0.4 is 0 Å². The number of Topliss-reactive ketones (excluding diaryl/α,β-unsaturated/α-hetero) is 1. The number of hydrogen-bond acceptors (Lipinski definition) is 6. The van der Waals surface area contributed by atoms with E-state index in [0.29, 0.717) is 28.6 Å². The lowest BCUT2D eigenvalue weighted by molar-refractivity contribution is -0.143. The van der Waals surface area contributed by atoms with Crippen LogP contribution in [0.25, 0.3) is 11.4 Å². The van der Waals surface area contributed by atoms with Crippen molar-refractivity contribution in [3.8, 4) is 5.82 Å². The average Bonchev–Trinajstić information content (AvgIpc) is 3.40. The van der Waals surface area contributed by atoms with Crippen molar-refractivity contribution in [3.63, 3.8) is 0 Å². The topological polar surface area (TPSA) is 73.1 Å². The molecule has 0 bridgehead atoms. The van der Waals surface area contributed by atoms with Crippen LogP contribution >= 0.6 is 0 Å². The third-order valence-electron chi connectivity index (χ3n) is 7.38. The molecule has 0 N–H and O–H groups in total. The number of morpholine rings is 1. The SMILES string of the molecule is Cc1cc(CC(=O)c2cnn(-c3ccc(C(F)(F)F)cn3)c2C(F)(F)F)cnc1C1=CCC(N2CCOCC2)CC1. The number of hydrogen-bond donors (Lipinski definition) is 0. The van der Waals surface area contributed by atoms with Gasteiger partial charge in [0.25, 0.3) is 0 Å². The second-order valence-corrected chi connectivity index (χ2v) is 10.1. The van der Waals surface area contributed by atoms with Crippen LogP contribution in [0.3, 0.4) is 0 Å². The van der Waals surface area contributed by atoms with Gasteiger partial charge in [0.2, 0.25) is 0 Å². The number of nitrogens with zero attached hydrogens (tertiary/aromatic N) is 5. The summed E-state index contributed by atoms with van der Waals surface area (Å²) in [6, 6.07) is 3.58. The Morgan fingerprint density at radius 1 is 1.02 bits per heavy atom. The molecule has 41 heavy (non-hydrogen) atoms. The van der Waals surface area contributed by atoms with Crippen LogP contribution in [0.5, 0.6) is 0 Å². The largest absolute Gasteiger partial charge is 0.434 e. The van der Waals surface area contributed by atoms with Gasteiger partial charge in [-0.25, -0.2) is 9.67 Å². The molecule has 3 aromatic heterocycles. The highest BCUT2D eigenvalue weighted by Gasteiger charge is 2.41. The molecule has 218 valence electrons. The molecule has 1 aliphatic heterocycles. The van der Waals surface area contributed by atoms with E-state index in [1.54, 1.807) is 6.07 Å². The van der Waals surface area contributed by atoms with Gasteiger partial charge in [0, 0.05) is 37.9 Å². The smallest absolute Gasteiger partial charge is 0.379 e. The number of pyridine rings is 2. The first kappa shape index (κ1) is 28.9. The van der Waals surface area contributed by atoms with Crippen molar-refractivity contribution in [2.45, 2.75) is 51.0 Å². The van der Waals surface area contributed by atoms with Crippen LogP contribution in [0.15, 0.2) is 42.9 Å². The molecule has 3 aromatic rings. The summed E-state index contributed by atoms with van der Waals surface area (Å²) in [4.78, 5) is 23.5. The van der Waals surface area contributed by atoms with Crippen molar-refractivity contribution in [2.24, 2.45) is 0 Å². The second kappa shape index (κ2) is 11.4. The highest BCUT2D eigenvalue weighted by molar-refractivity contribution is 5.98. The van der Waals surface area contributed by atoms with Gasteiger partial charge in [-0.15, -0.1) is 0 Å². The van der Waals surface area contributed by atoms with Gasteiger partial charge in [-0.2, -0.15) is 31.4 Å². The van der Waals surface area contributed by atoms with E-state index < -0.39 is 40.8 Å². The summed E-state index contributed by atoms with van der Waals surface area (Å²) in [7, 11) is 0. The Bertz CT molecular complexity index is 1440. The number of rotatable bonds is 6. The molecule has 1 saturated heterocycles. The molecule has 1 fully saturated rings. The molecule has 1 aliphatic carbocycles. The molecule has 2 aliphatic rings. The number of carbonyl (C=O) groups excluding carboxylic acids is 1. The fourth-order valence-electron chi connectivity index (χ4n) is 5.33. The van der Waals surface area contributed by atoms with Gasteiger partial charge < -0.3 is 4.74 Å². The molecule has 0 saturated carbocycles. The van der Waals surface area contributed by atoms with Crippen LogP contribution in [0.1, 0.15) is 57.7 Å². The molecule has 13 heteroatoms. The van der Waals surface area contributed by atoms with Gasteiger partial charge in [-0.05, 0) is 55.0 Å². The van der Waals surface area contributed by atoms with Crippen LogP contribution in [0.2, 0.25) is 0 Å². The highest BCUT2D eigenvalue weighted by atomic mass is 19.4. The van der Waals surface area contributed by atoms with Crippen molar-refractivity contribution in [1.82, 2.24) is 24.6 Å². The van der Waals surface area contributed by atoms with Crippen LogP contribution in [0, 0.1) is 6.92 Å². The van der Waals surface area contributed by atoms with Crippen molar-refractivity contribution >= 4 is 11.4 Å². The summed E-state index contributed by atoms with van der Waals surface area (Å²) in [6.45, 7) is 5.17. The summed E-state index contributed by atoms with van der Waals surface area (Å²) in [5.41, 5.74) is -0.0679. The summed E-state index contributed by atoms with van der Waals surface area (Å²) in [5.74, 6) is -1.35. The first-order chi connectivity index (χ1) is 19.4. The molecule has 5 rings (SSSR count). The number of allylic oxidation sites excluding steroid dienone is 1. The standard InChI is InChI=1S/C28H27F6N5O2/c1-17-12-18(14-36-25(17)19-2-5-21(6-3-19)38-8-10-41-11-9-38)13-23(40)22-16-37-39(26(22)28(32,33)34)24-7-4-20(15-35-24)27(29,30)31/h2,4,7,12,14-16,21H,3,5-6,8-11,13H2,1H3. The Kier molecular flexibility index (Phi) is 8.02. The number of carbonyl (C=O) groups is 1. The zero-order valence-electron chi connectivity index (χ0n) is 22.1. The van der Waals surface area contributed by atoms with Crippen molar-refractivity contribution in [2.75, 3.05) is 26.3 Å². The Morgan fingerprint density at radius 3 is 2.37 bits per heavy atom. The molecule has 0 amide bonds. The van der Waals surface area contributed by atoms with E-state index in [1.165, 1.54) is 6.20 Å². The molecular formula is C28H27F6N5O2. The van der Waals surface area contributed by atoms with Crippen LogP contribution in [-0.4, -0.2) is 62.8 Å². The zero-order chi connectivity index (χ0) is 29.4. The summed E-state index contributed by atoms with van der Waals surface area (Å²) in [6.07, 6.45) is -2.49. The molecule has 0 spiro atoms. The third-order valence-corrected chi connectivity index (χ3v) is 7.38. The van der Waals surface area contributed by atoms with Crippen LogP contribution in [0.4, 0.5) is 26.3 Å². The molecule has 0 aromatic carbocycles. The first-order valence-electron chi connectivity index (χ1n) is 13.1. The number of alkyl halides is 6. The van der Waals surface area contributed by atoms with Crippen molar-refractivity contribution in [1.29, 1.82) is 0 Å². The molecule has 1 unspecified atom stereocenters. The van der Waals surface area contributed by atoms with Gasteiger partial charge in [0.15, 0.2) is 17.3 Å². The van der Waals surface area contributed by atoms with Crippen LogP contribution in [-0.2, 0) is 23.5 Å². The summed E-state index contributed by atoms with van der Waals surface area (Å²) in [5, 5.41) is 3.64. The number of ether oxygens (including phenoxy) is 1. The lowest BCUT2D eigenvalue weighted by Gasteiger charge is -2.36. The zero-order valence-corrected chi connectivity index (χ0v) is 22.1. The number of ketones is 1. The van der Waals surface area contributed by atoms with Gasteiger partial charge in [-0.3, -0.25) is 14.7 Å². The quantitative estimate of drug-likeness (QED) is 0.276. The molecule has 4 heterocycles. The monoisotopic (exact) mass is 579 g/mol. The number of aryl methyl sites for hydroxylation is 1. The minimum atomic E-state index is -5.02. The van der Waals surface area contributed by atoms with Gasteiger partial charge in [0.1, 0.15) is 0 Å². The van der Waals surface area contributed by atoms with E-state index in [1.807, 2.05) is 6.92 Å².